The fourth-order valence-corrected chi connectivity index (χ4v) is 3.38. The number of hydrogen-bond donors (Lipinski definition) is 1. The number of nitrogens with zero attached hydrogens (tertiary/aromatic N) is 3. The Bertz CT molecular complexity index is 820. The first-order valence-corrected chi connectivity index (χ1v) is 7.31. The zero-order chi connectivity index (χ0) is 14.6. The van der Waals surface area contributed by atoms with Crippen molar-refractivity contribution in [1.82, 2.24) is 14.5 Å². The van der Waals surface area contributed by atoms with Gasteiger partial charge in [0.2, 0.25) is 0 Å². The first kappa shape index (κ1) is 12.4. The molecule has 2 unspecified atom stereocenters. The maximum atomic E-state index is 6.04. The van der Waals surface area contributed by atoms with Gasteiger partial charge in [-0.2, -0.15) is 0 Å². The molecule has 0 spiro atoms. The molecular weight excluding hydrogens is 260 g/mol. The average molecular weight is 278 g/mol. The molecule has 0 aliphatic heterocycles. The molecule has 21 heavy (non-hydrogen) atoms. The van der Waals surface area contributed by atoms with Gasteiger partial charge in [0.15, 0.2) is 0 Å². The molecule has 0 bridgehead atoms. The number of fused-ring (bicyclic) bond motifs is 1. The van der Waals surface area contributed by atoms with Crippen LogP contribution in [0, 0.1) is 13.8 Å². The Morgan fingerprint density at radius 3 is 2.67 bits per heavy atom. The summed E-state index contributed by atoms with van der Waals surface area (Å²) in [7, 11) is 0. The van der Waals surface area contributed by atoms with E-state index in [2.05, 4.69) is 58.7 Å². The van der Waals surface area contributed by atoms with Crippen LogP contribution in [0.3, 0.4) is 0 Å². The van der Waals surface area contributed by atoms with Crippen molar-refractivity contribution >= 4 is 16.9 Å². The van der Waals surface area contributed by atoms with Crippen LogP contribution in [0.25, 0.3) is 11.0 Å². The minimum Gasteiger partial charge on any atom is -0.383 e. The SMILES string of the molecule is Cc1c(C)n(C2CC2c2ccccc2)c2ncnc(N)c12. The van der Waals surface area contributed by atoms with Gasteiger partial charge in [-0.25, -0.2) is 9.97 Å². The lowest BCUT2D eigenvalue weighted by Gasteiger charge is -2.07. The van der Waals surface area contributed by atoms with Crippen molar-refractivity contribution in [2.75, 3.05) is 5.73 Å². The minimum atomic E-state index is 0.484. The smallest absolute Gasteiger partial charge is 0.146 e. The standard InChI is InChI=1S/C17H18N4/c1-10-11(2)21(17-15(10)16(18)19-9-20-17)14-8-13(14)12-6-4-3-5-7-12/h3-7,9,13-14H,8H2,1-2H3,(H2,18,19,20). The predicted molar refractivity (Wildman–Crippen MR) is 84.3 cm³/mol. The molecule has 0 amide bonds. The van der Waals surface area contributed by atoms with E-state index in [1.54, 1.807) is 6.33 Å². The maximum absolute atomic E-state index is 6.04. The van der Waals surface area contributed by atoms with Gasteiger partial charge in [0.1, 0.15) is 17.8 Å². The van der Waals surface area contributed by atoms with Gasteiger partial charge < -0.3 is 10.3 Å². The molecule has 1 aliphatic rings. The highest BCUT2D eigenvalue weighted by Crippen LogP contribution is 2.53. The second-order valence-electron chi connectivity index (χ2n) is 5.86. The number of hydrogen-bond acceptors (Lipinski definition) is 3. The number of nitrogens with two attached hydrogens (primary N) is 1. The topological polar surface area (TPSA) is 56.7 Å². The van der Waals surface area contributed by atoms with Gasteiger partial charge in [-0.05, 0) is 31.4 Å². The van der Waals surface area contributed by atoms with Gasteiger partial charge in [-0.3, -0.25) is 0 Å². The minimum absolute atomic E-state index is 0.484. The predicted octanol–water partition coefficient (Wildman–Crippen LogP) is 3.36. The van der Waals surface area contributed by atoms with Crippen molar-refractivity contribution in [3.8, 4) is 0 Å². The highest BCUT2D eigenvalue weighted by molar-refractivity contribution is 5.91. The highest BCUT2D eigenvalue weighted by Gasteiger charge is 2.41. The van der Waals surface area contributed by atoms with Crippen LogP contribution in [-0.4, -0.2) is 14.5 Å². The monoisotopic (exact) mass is 278 g/mol. The summed E-state index contributed by atoms with van der Waals surface area (Å²) in [5.41, 5.74) is 10.9. The molecule has 1 aliphatic carbocycles. The van der Waals surface area contributed by atoms with Crippen LogP contribution in [0.2, 0.25) is 0 Å². The van der Waals surface area contributed by atoms with Crippen LogP contribution in [-0.2, 0) is 0 Å². The van der Waals surface area contributed by atoms with Gasteiger partial charge >= 0.3 is 0 Å². The van der Waals surface area contributed by atoms with Crippen molar-refractivity contribution in [1.29, 1.82) is 0 Å². The Hall–Kier alpha value is -2.36. The molecule has 106 valence electrons. The molecule has 3 aromatic rings. The summed E-state index contributed by atoms with van der Waals surface area (Å²) < 4.78 is 2.35. The Morgan fingerprint density at radius 1 is 1.14 bits per heavy atom. The van der Waals surface area contributed by atoms with Crippen LogP contribution < -0.4 is 5.73 Å². The Balaban J connectivity index is 1.83. The van der Waals surface area contributed by atoms with Gasteiger partial charge in [0.25, 0.3) is 0 Å². The molecule has 1 fully saturated rings. The van der Waals surface area contributed by atoms with E-state index in [1.807, 2.05) is 0 Å². The van der Waals surface area contributed by atoms with E-state index in [0.29, 0.717) is 17.8 Å². The molecule has 4 rings (SSSR count). The van der Waals surface area contributed by atoms with Crippen molar-refractivity contribution in [3.63, 3.8) is 0 Å². The van der Waals surface area contributed by atoms with Crippen LogP contribution in [0.1, 0.15) is 35.2 Å². The fourth-order valence-electron chi connectivity index (χ4n) is 3.38. The summed E-state index contributed by atoms with van der Waals surface area (Å²) in [6.07, 6.45) is 2.73. The number of aryl methyl sites for hydroxylation is 1. The van der Waals surface area contributed by atoms with Crippen molar-refractivity contribution in [3.05, 3.63) is 53.5 Å². The summed E-state index contributed by atoms with van der Waals surface area (Å²) in [6, 6.07) is 11.2. The molecule has 2 heterocycles. The molecule has 2 atom stereocenters. The number of benzene rings is 1. The van der Waals surface area contributed by atoms with Crippen molar-refractivity contribution in [2.24, 2.45) is 0 Å². The van der Waals surface area contributed by atoms with Crippen LogP contribution in [0.5, 0.6) is 0 Å². The maximum Gasteiger partial charge on any atom is 0.146 e. The van der Waals surface area contributed by atoms with E-state index < -0.39 is 0 Å². The van der Waals surface area contributed by atoms with E-state index in [4.69, 9.17) is 5.73 Å². The van der Waals surface area contributed by atoms with E-state index in [-0.39, 0.29) is 0 Å². The Labute approximate surface area is 123 Å². The van der Waals surface area contributed by atoms with Gasteiger partial charge in [0, 0.05) is 17.7 Å². The van der Waals surface area contributed by atoms with Gasteiger partial charge in [0.05, 0.1) is 5.39 Å². The molecule has 2 aromatic heterocycles. The molecule has 4 nitrogen and oxygen atoms in total. The summed E-state index contributed by atoms with van der Waals surface area (Å²) in [4.78, 5) is 8.62. The first-order chi connectivity index (χ1) is 10.2. The Morgan fingerprint density at radius 2 is 1.90 bits per heavy atom. The van der Waals surface area contributed by atoms with E-state index in [0.717, 1.165) is 17.5 Å². The number of aromatic nitrogens is 3. The molecular formula is C17H18N4. The van der Waals surface area contributed by atoms with E-state index >= 15 is 0 Å². The second-order valence-corrected chi connectivity index (χ2v) is 5.86. The number of anilines is 1. The third-order valence-corrected chi connectivity index (χ3v) is 4.68. The molecule has 1 aromatic carbocycles. The van der Waals surface area contributed by atoms with E-state index in [9.17, 15) is 0 Å². The third kappa shape index (κ3) is 1.75. The van der Waals surface area contributed by atoms with Crippen molar-refractivity contribution in [2.45, 2.75) is 32.2 Å². The average Bonchev–Trinajstić information content (AvgIpc) is 3.23. The first-order valence-electron chi connectivity index (χ1n) is 7.31. The molecule has 4 heteroatoms. The number of rotatable bonds is 2. The van der Waals surface area contributed by atoms with E-state index in [1.165, 1.54) is 16.8 Å². The molecule has 0 radical (unpaired) electrons. The third-order valence-electron chi connectivity index (χ3n) is 4.68. The van der Waals surface area contributed by atoms with Crippen LogP contribution in [0.15, 0.2) is 36.7 Å². The zero-order valence-electron chi connectivity index (χ0n) is 12.2. The largest absolute Gasteiger partial charge is 0.383 e. The summed E-state index contributed by atoms with van der Waals surface area (Å²) >= 11 is 0. The summed E-state index contributed by atoms with van der Waals surface area (Å²) in [6.45, 7) is 4.25. The summed E-state index contributed by atoms with van der Waals surface area (Å²) in [5, 5.41) is 1.01. The number of nitrogen functional groups attached to an aromatic ring is 1. The lowest BCUT2D eigenvalue weighted by atomic mass is 10.1. The fraction of sp³-hybridized carbons (Fsp3) is 0.294. The zero-order valence-corrected chi connectivity index (χ0v) is 12.2. The van der Waals surface area contributed by atoms with Crippen LogP contribution in [0.4, 0.5) is 5.82 Å². The normalized spacial score (nSPS) is 20.9. The molecule has 2 N–H and O–H groups in total. The van der Waals surface area contributed by atoms with Gasteiger partial charge in [-0.1, -0.05) is 30.3 Å². The molecule has 0 saturated heterocycles. The van der Waals surface area contributed by atoms with Crippen molar-refractivity contribution < 1.29 is 0 Å². The quantitative estimate of drug-likeness (QED) is 0.782. The molecule has 1 saturated carbocycles. The second kappa shape index (κ2) is 4.32. The summed E-state index contributed by atoms with van der Waals surface area (Å²) in [5.74, 6) is 1.16. The lowest BCUT2D eigenvalue weighted by molar-refractivity contribution is 0.714. The lowest BCUT2D eigenvalue weighted by Crippen LogP contribution is -2.01. The van der Waals surface area contributed by atoms with Gasteiger partial charge in [-0.15, -0.1) is 0 Å². The highest BCUT2D eigenvalue weighted by atomic mass is 15.1. The van der Waals surface area contributed by atoms with Crippen LogP contribution >= 0.6 is 0 Å². The Kier molecular flexibility index (Phi) is 2.55.